The van der Waals surface area contributed by atoms with Crippen LogP contribution in [0.1, 0.15) is 10.4 Å². The first kappa shape index (κ1) is 11.9. The van der Waals surface area contributed by atoms with Gasteiger partial charge in [0.2, 0.25) is 0 Å². The van der Waals surface area contributed by atoms with Crippen molar-refractivity contribution in [2.45, 2.75) is 0 Å². The number of benzene rings is 1. The molecule has 4 N–H and O–H groups in total. The summed E-state index contributed by atoms with van der Waals surface area (Å²) in [6, 6.07) is 11.1. The fraction of sp³-hybridized carbons (Fsp3) is 0.0769. The summed E-state index contributed by atoms with van der Waals surface area (Å²) in [6.07, 6.45) is 1.50. The molecule has 0 aliphatic heterocycles. The summed E-state index contributed by atoms with van der Waals surface area (Å²) >= 11 is 0. The Morgan fingerprint density at radius 2 is 1.94 bits per heavy atom. The van der Waals surface area contributed by atoms with E-state index in [1.54, 1.807) is 4.90 Å². The van der Waals surface area contributed by atoms with Crippen LogP contribution in [0.4, 0.5) is 17.2 Å². The quantitative estimate of drug-likeness (QED) is 0.854. The van der Waals surface area contributed by atoms with E-state index in [4.69, 9.17) is 11.5 Å². The van der Waals surface area contributed by atoms with Crippen molar-refractivity contribution >= 4 is 23.1 Å². The Hall–Kier alpha value is -2.56. The summed E-state index contributed by atoms with van der Waals surface area (Å²) < 4.78 is 0. The van der Waals surface area contributed by atoms with Gasteiger partial charge in [-0.2, -0.15) is 0 Å². The number of primary amides is 1. The molecule has 0 aliphatic rings. The highest BCUT2D eigenvalue weighted by molar-refractivity contribution is 5.99. The highest BCUT2D eigenvalue weighted by Crippen LogP contribution is 2.25. The van der Waals surface area contributed by atoms with Crippen molar-refractivity contribution in [2.75, 3.05) is 17.7 Å². The van der Waals surface area contributed by atoms with Crippen molar-refractivity contribution in [1.29, 1.82) is 0 Å². The molecule has 1 aromatic heterocycles. The van der Waals surface area contributed by atoms with E-state index in [1.165, 1.54) is 12.3 Å². The summed E-state index contributed by atoms with van der Waals surface area (Å²) in [4.78, 5) is 17.4. The molecule has 2 aromatic rings. The number of hydrogen-bond acceptors (Lipinski definition) is 4. The van der Waals surface area contributed by atoms with Crippen molar-refractivity contribution in [3.63, 3.8) is 0 Å². The third-order valence-corrected chi connectivity index (χ3v) is 2.61. The summed E-state index contributed by atoms with van der Waals surface area (Å²) in [7, 11) is 1.82. The second-order valence-electron chi connectivity index (χ2n) is 3.90. The first-order valence-electron chi connectivity index (χ1n) is 5.43. The van der Waals surface area contributed by atoms with Gasteiger partial charge < -0.3 is 16.4 Å². The average molecular weight is 242 g/mol. The Balaban J connectivity index is 2.48. The van der Waals surface area contributed by atoms with Crippen LogP contribution in [-0.4, -0.2) is 17.9 Å². The van der Waals surface area contributed by atoms with Gasteiger partial charge in [-0.25, -0.2) is 4.98 Å². The molecule has 2 rings (SSSR count). The van der Waals surface area contributed by atoms with Crippen LogP contribution in [0.15, 0.2) is 42.6 Å². The maximum atomic E-state index is 11.4. The zero-order valence-electron chi connectivity index (χ0n) is 10.00. The minimum atomic E-state index is -0.549. The van der Waals surface area contributed by atoms with E-state index in [9.17, 15) is 4.79 Å². The minimum absolute atomic E-state index is 0.307. The van der Waals surface area contributed by atoms with Crippen LogP contribution in [0.5, 0.6) is 0 Å². The van der Waals surface area contributed by atoms with Crippen molar-refractivity contribution in [1.82, 2.24) is 4.98 Å². The molecule has 0 fully saturated rings. The monoisotopic (exact) mass is 242 g/mol. The smallest absolute Gasteiger partial charge is 0.252 e. The van der Waals surface area contributed by atoms with Gasteiger partial charge in [0.25, 0.3) is 5.91 Å². The Kier molecular flexibility index (Phi) is 3.14. The summed E-state index contributed by atoms with van der Waals surface area (Å²) in [5.41, 5.74) is 12.6. The van der Waals surface area contributed by atoms with Gasteiger partial charge in [-0.15, -0.1) is 0 Å². The molecule has 1 amide bonds. The molecule has 0 aliphatic carbocycles. The van der Waals surface area contributed by atoms with E-state index in [2.05, 4.69) is 4.98 Å². The topological polar surface area (TPSA) is 85.2 Å². The number of anilines is 3. The predicted molar refractivity (Wildman–Crippen MR) is 71.7 cm³/mol. The molecule has 0 radical (unpaired) electrons. The third kappa shape index (κ3) is 2.24. The van der Waals surface area contributed by atoms with Gasteiger partial charge in [0.05, 0.1) is 17.4 Å². The highest BCUT2D eigenvalue weighted by atomic mass is 16.1. The Bertz CT molecular complexity index is 568. The molecule has 1 heterocycles. The lowest BCUT2D eigenvalue weighted by Crippen LogP contribution is -2.20. The van der Waals surface area contributed by atoms with Crippen molar-refractivity contribution in [3.05, 3.63) is 48.2 Å². The molecule has 0 unspecified atom stereocenters. The van der Waals surface area contributed by atoms with Gasteiger partial charge in [0, 0.05) is 12.7 Å². The fourth-order valence-corrected chi connectivity index (χ4v) is 1.70. The zero-order valence-corrected chi connectivity index (χ0v) is 10.00. The normalized spacial score (nSPS) is 10.1. The molecular weight excluding hydrogens is 228 g/mol. The average Bonchev–Trinajstić information content (AvgIpc) is 2.39. The van der Waals surface area contributed by atoms with E-state index in [-0.39, 0.29) is 0 Å². The number of nitrogens with zero attached hydrogens (tertiary/aromatic N) is 2. The Labute approximate surface area is 105 Å². The van der Waals surface area contributed by atoms with Gasteiger partial charge in [-0.1, -0.05) is 18.2 Å². The summed E-state index contributed by atoms with van der Waals surface area (Å²) in [5, 5.41) is 0. The van der Waals surface area contributed by atoms with Gasteiger partial charge in [-0.05, 0) is 18.2 Å². The standard InChI is InChI=1S/C13H14N4O/c1-17(10-5-3-2-4-6-10)13-11(12(15)18)7-9(14)8-16-13/h2-8H,14H2,1H3,(H2,15,18). The fourth-order valence-electron chi connectivity index (χ4n) is 1.70. The van der Waals surface area contributed by atoms with E-state index in [0.29, 0.717) is 17.1 Å². The molecule has 5 nitrogen and oxygen atoms in total. The SMILES string of the molecule is CN(c1ccccc1)c1ncc(N)cc1C(N)=O. The highest BCUT2D eigenvalue weighted by Gasteiger charge is 2.15. The van der Waals surface area contributed by atoms with Crippen molar-refractivity contribution < 1.29 is 4.79 Å². The number of amides is 1. The lowest BCUT2D eigenvalue weighted by molar-refractivity contribution is 0.100. The summed E-state index contributed by atoms with van der Waals surface area (Å²) in [6.45, 7) is 0. The first-order valence-corrected chi connectivity index (χ1v) is 5.43. The maximum absolute atomic E-state index is 11.4. The van der Waals surface area contributed by atoms with Crippen LogP contribution in [0.25, 0.3) is 0 Å². The van der Waals surface area contributed by atoms with E-state index in [0.717, 1.165) is 5.69 Å². The molecule has 0 atom stereocenters. The molecule has 5 heteroatoms. The second kappa shape index (κ2) is 4.75. The molecule has 0 bridgehead atoms. The number of rotatable bonds is 3. The molecule has 92 valence electrons. The van der Waals surface area contributed by atoms with E-state index < -0.39 is 5.91 Å². The largest absolute Gasteiger partial charge is 0.397 e. The molecule has 18 heavy (non-hydrogen) atoms. The number of para-hydroxylation sites is 1. The lowest BCUT2D eigenvalue weighted by Gasteiger charge is -2.20. The zero-order chi connectivity index (χ0) is 13.1. The van der Waals surface area contributed by atoms with Crippen molar-refractivity contribution in [3.8, 4) is 0 Å². The van der Waals surface area contributed by atoms with E-state index >= 15 is 0 Å². The van der Waals surface area contributed by atoms with Crippen LogP contribution in [-0.2, 0) is 0 Å². The molecular formula is C13H14N4O. The first-order chi connectivity index (χ1) is 8.59. The third-order valence-electron chi connectivity index (χ3n) is 2.61. The van der Waals surface area contributed by atoms with Crippen LogP contribution < -0.4 is 16.4 Å². The Morgan fingerprint density at radius 1 is 1.28 bits per heavy atom. The molecule has 0 spiro atoms. The van der Waals surface area contributed by atoms with Gasteiger partial charge >= 0.3 is 0 Å². The van der Waals surface area contributed by atoms with Gasteiger partial charge in [0.15, 0.2) is 0 Å². The second-order valence-corrected chi connectivity index (χ2v) is 3.90. The van der Waals surface area contributed by atoms with E-state index in [1.807, 2.05) is 37.4 Å². The molecule has 0 saturated heterocycles. The lowest BCUT2D eigenvalue weighted by atomic mass is 10.2. The van der Waals surface area contributed by atoms with Crippen LogP contribution in [0.3, 0.4) is 0 Å². The number of carbonyl (C=O) groups excluding carboxylic acids is 1. The molecule has 0 saturated carbocycles. The maximum Gasteiger partial charge on any atom is 0.252 e. The number of hydrogen-bond donors (Lipinski definition) is 2. The minimum Gasteiger partial charge on any atom is -0.397 e. The van der Waals surface area contributed by atoms with Gasteiger partial charge in [-0.3, -0.25) is 4.79 Å². The van der Waals surface area contributed by atoms with Crippen molar-refractivity contribution in [2.24, 2.45) is 5.73 Å². The Morgan fingerprint density at radius 3 is 2.56 bits per heavy atom. The van der Waals surface area contributed by atoms with Crippen LogP contribution in [0, 0.1) is 0 Å². The number of nitrogens with two attached hydrogens (primary N) is 2. The van der Waals surface area contributed by atoms with Crippen LogP contribution >= 0.6 is 0 Å². The number of nitrogen functional groups attached to an aromatic ring is 1. The number of pyridine rings is 1. The van der Waals surface area contributed by atoms with Crippen LogP contribution in [0.2, 0.25) is 0 Å². The summed E-state index contributed by atoms with van der Waals surface area (Å²) in [5.74, 6) is -0.0597. The predicted octanol–water partition coefficient (Wildman–Crippen LogP) is 1.53. The number of carbonyl (C=O) groups is 1. The van der Waals surface area contributed by atoms with Gasteiger partial charge in [0.1, 0.15) is 5.82 Å². The molecule has 1 aromatic carbocycles. The number of aromatic nitrogens is 1.